The molecule has 0 aliphatic heterocycles. The van der Waals surface area contributed by atoms with E-state index in [-0.39, 0.29) is 17.9 Å². The van der Waals surface area contributed by atoms with Crippen LogP contribution < -0.4 is 11.3 Å². The molecule has 0 fully saturated rings. The summed E-state index contributed by atoms with van der Waals surface area (Å²) in [5.41, 5.74) is 5.45. The molecule has 0 atom stereocenters. The molecule has 2 aromatic heterocycles. The first-order valence-electron chi connectivity index (χ1n) is 5.01. The molecule has 0 aromatic carbocycles. The Morgan fingerprint density at radius 2 is 2.11 bits per heavy atom. The quantitative estimate of drug-likeness (QED) is 0.888. The van der Waals surface area contributed by atoms with E-state index in [4.69, 9.17) is 5.73 Å². The maximum absolute atomic E-state index is 12.5. The first-order chi connectivity index (χ1) is 8.34. The molecule has 9 heteroatoms. The van der Waals surface area contributed by atoms with E-state index < -0.39 is 16.7 Å². The zero-order valence-electron chi connectivity index (χ0n) is 9.28. The highest BCUT2D eigenvalue weighted by Gasteiger charge is 2.36. The fourth-order valence-corrected chi connectivity index (χ4v) is 2.33. The first kappa shape index (κ1) is 13.0. The Labute approximate surface area is 103 Å². The molecule has 0 bridgehead atoms. The lowest BCUT2D eigenvalue weighted by molar-refractivity contribution is -0.138. The van der Waals surface area contributed by atoms with Gasteiger partial charge in [0.15, 0.2) is 0 Å². The lowest BCUT2D eigenvalue weighted by Gasteiger charge is -2.01. The number of aromatic nitrogens is 3. The van der Waals surface area contributed by atoms with Gasteiger partial charge in [-0.25, -0.2) is 4.98 Å². The summed E-state index contributed by atoms with van der Waals surface area (Å²) in [5, 5.41) is 2.18. The zero-order valence-corrected chi connectivity index (χ0v) is 10.1. The molecule has 0 saturated heterocycles. The second-order valence-electron chi connectivity index (χ2n) is 3.62. The van der Waals surface area contributed by atoms with Crippen molar-refractivity contribution >= 4 is 16.3 Å². The van der Waals surface area contributed by atoms with Crippen LogP contribution in [-0.4, -0.2) is 21.1 Å². The molecule has 0 saturated carbocycles. The summed E-state index contributed by atoms with van der Waals surface area (Å²) >= 11 is 0.344. The molecule has 2 heterocycles. The van der Waals surface area contributed by atoms with Gasteiger partial charge in [-0.3, -0.25) is 4.79 Å². The number of hydrogen-bond donors (Lipinski definition) is 1. The van der Waals surface area contributed by atoms with Crippen molar-refractivity contribution in [3.8, 4) is 0 Å². The van der Waals surface area contributed by atoms with E-state index >= 15 is 0 Å². The average Bonchev–Trinajstić information content (AvgIpc) is 2.67. The smallest absolute Gasteiger partial charge is 0.330 e. The molecule has 98 valence electrons. The fraction of sp³-hybridized carbons (Fsp3) is 0.444. The normalized spacial score (nSPS) is 12.3. The Balaban J connectivity index is 2.71. The van der Waals surface area contributed by atoms with E-state index in [1.54, 1.807) is 6.92 Å². The Kier molecular flexibility index (Phi) is 3.11. The highest BCUT2D eigenvalue weighted by molar-refractivity contribution is 7.16. The minimum atomic E-state index is -4.58. The van der Waals surface area contributed by atoms with Crippen LogP contribution in [0.2, 0.25) is 0 Å². The van der Waals surface area contributed by atoms with Crippen molar-refractivity contribution in [1.29, 1.82) is 0 Å². The van der Waals surface area contributed by atoms with Gasteiger partial charge in [-0.2, -0.15) is 17.7 Å². The lowest BCUT2D eigenvalue weighted by atomic mass is 10.2. The van der Waals surface area contributed by atoms with E-state index in [1.807, 2.05) is 0 Å². The van der Waals surface area contributed by atoms with Crippen LogP contribution in [0.25, 0.3) is 4.96 Å². The van der Waals surface area contributed by atoms with Crippen LogP contribution in [0, 0.1) is 6.92 Å². The van der Waals surface area contributed by atoms with Crippen LogP contribution in [0.4, 0.5) is 13.2 Å². The van der Waals surface area contributed by atoms with Crippen LogP contribution in [-0.2, 0) is 12.6 Å². The zero-order chi connectivity index (χ0) is 13.5. The third kappa shape index (κ3) is 2.10. The number of fused-ring (bicyclic) bond motifs is 1. The molecule has 2 N–H and O–H groups in total. The molecule has 0 radical (unpaired) electrons. The molecular formula is C9H9F3N4OS. The summed E-state index contributed by atoms with van der Waals surface area (Å²) in [5.74, 6) is 0. The van der Waals surface area contributed by atoms with Gasteiger partial charge in [0.1, 0.15) is 0 Å². The maximum atomic E-state index is 12.5. The van der Waals surface area contributed by atoms with Crippen molar-refractivity contribution in [3.05, 3.63) is 26.6 Å². The van der Waals surface area contributed by atoms with Gasteiger partial charge in [-0.15, -0.1) is 5.10 Å². The number of alkyl halides is 3. The monoisotopic (exact) mass is 278 g/mol. The number of aryl methyl sites for hydroxylation is 1. The highest BCUT2D eigenvalue weighted by Crippen LogP contribution is 2.31. The molecule has 0 aliphatic carbocycles. The highest BCUT2D eigenvalue weighted by atomic mass is 32.1. The van der Waals surface area contributed by atoms with Crippen LogP contribution in [0.1, 0.15) is 16.3 Å². The summed E-state index contributed by atoms with van der Waals surface area (Å²) in [6.45, 7) is 1.79. The van der Waals surface area contributed by atoms with Gasteiger partial charge in [-0.05, 0) is 19.9 Å². The van der Waals surface area contributed by atoms with Gasteiger partial charge in [0.25, 0.3) is 5.56 Å². The average molecular weight is 278 g/mol. The molecule has 2 rings (SSSR count). The summed E-state index contributed by atoms with van der Waals surface area (Å²) in [4.78, 5) is 15.8. The predicted octanol–water partition coefficient (Wildman–Crippen LogP) is 0.979. The standard InChI is InChI=1S/C9H9F3N4OS/c1-4-5(2-3-13)6(17)16-8(14-4)18-7(15-16)9(10,11)12/h2-3,13H2,1H3. The Morgan fingerprint density at radius 3 is 2.67 bits per heavy atom. The first-order valence-corrected chi connectivity index (χ1v) is 5.83. The summed E-state index contributed by atoms with van der Waals surface area (Å²) in [6.07, 6.45) is -4.31. The molecule has 0 spiro atoms. The third-order valence-corrected chi connectivity index (χ3v) is 3.30. The van der Waals surface area contributed by atoms with Gasteiger partial charge in [-0.1, -0.05) is 11.3 Å². The van der Waals surface area contributed by atoms with E-state index in [9.17, 15) is 18.0 Å². The summed E-state index contributed by atoms with van der Waals surface area (Å²) < 4.78 is 38.2. The van der Waals surface area contributed by atoms with Crippen molar-refractivity contribution in [3.63, 3.8) is 0 Å². The summed E-state index contributed by atoms with van der Waals surface area (Å²) in [7, 11) is 0. The van der Waals surface area contributed by atoms with Crippen LogP contribution >= 0.6 is 11.3 Å². The molecule has 2 aromatic rings. The minimum Gasteiger partial charge on any atom is -0.330 e. The maximum Gasteiger partial charge on any atom is 0.445 e. The molecule has 0 amide bonds. The Bertz CT molecular complexity index is 646. The molecule has 18 heavy (non-hydrogen) atoms. The fourth-order valence-electron chi connectivity index (χ4n) is 1.53. The molecule has 5 nitrogen and oxygen atoms in total. The lowest BCUT2D eigenvalue weighted by Crippen LogP contribution is -2.24. The second kappa shape index (κ2) is 4.32. The van der Waals surface area contributed by atoms with E-state index in [0.29, 0.717) is 27.1 Å². The van der Waals surface area contributed by atoms with Gasteiger partial charge >= 0.3 is 6.18 Å². The Hall–Kier alpha value is -1.48. The van der Waals surface area contributed by atoms with Crippen molar-refractivity contribution in [2.24, 2.45) is 5.73 Å². The van der Waals surface area contributed by atoms with Gasteiger partial charge < -0.3 is 5.73 Å². The summed E-state index contributed by atoms with van der Waals surface area (Å²) in [6, 6.07) is 0. The van der Waals surface area contributed by atoms with Gasteiger partial charge in [0, 0.05) is 11.3 Å². The SMILES string of the molecule is Cc1nc2sc(C(F)(F)F)nn2c(=O)c1CCN. The van der Waals surface area contributed by atoms with Crippen molar-refractivity contribution in [1.82, 2.24) is 14.6 Å². The number of halogens is 3. The number of hydrogen-bond acceptors (Lipinski definition) is 5. The molecular weight excluding hydrogens is 269 g/mol. The number of rotatable bonds is 2. The second-order valence-corrected chi connectivity index (χ2v) is 4.57. The van der Waals surface area contributed by atoms with Crippen molar-refractivity contribution in [2.75, 3.05) is 6.54 Å². The van der Waals surface area contributed by atoms with Crippen molar-refractivity contribution in [2.45, 2.75) is 19.5 Å². The van der Waals surface area contributed by atoms with E-state index in [1.165, 1.54) is 0 Å². The van der Waals surface area contributed by atoms with E-state index in [0.717, 1.165) is 0 Å². The third-order valence-electron chi connectivity index (χ3n) is 2.35. The molecule has 0 unspecified atom stereocenters. The van der Waals surface area contributed by atoms with Crippen LogP contribution in [0.3, 0.4) is 0 Å². The van der Waals surface area contributed by atoms with Gasteiger partial charge in [0.2, 0.25) is 9.97 Å². The number of nitrogens with zero attached hydrogens (tertiary/aromatic N) is 3. The van der Waals surface area contributed by atoms with Crippen LogP contribution in [0.5, 0.6) is 0 Å². The van der Waals surface area contributed by atoms with E-state index in [2.05, 4.69) is 10.1 Å². The van der Waals surface area contributed by atoms with Crippen LogP contribution in [0.15, 0.2) is 4.79 Å². The minimum absolute atomic E-state index is 0.0643. The molecule has 0 aliphatic rings. The predicted molar refractivity (Wildman–Crippen MR) is 59.6 cm³/mol. The van der Waals surface area contributed by atoms with Crippen molar-refractivity contribution < 1.29 is 13.2 Å². The Morgan fingerprint density at radius 1 is 1.44 bits per heavy atom. The topological polar surface area (TPSA) is 73.3 Å². The number of nitrogens with two attached hydrogens (primary N) is 1. The largest absolute Gasteiger partial charge is 0.445 e. The van der Waals surface area contributed by atoms with Gasteiger partial charge in [0.05, 0.1) is 0 Å².